The Hall–Kier alpha value is -1.99. The molecule has 7 nitrogen and oxygen atoms in total. The number of nitrogens with zero attached hydrogens (tertiary/aromatic N) is 2. The van der Waals surface area contributed by atoms with Crippen LogP contribution in [0.5, 0.6) is 0 Å². The number of aliphatic hydroxyl groups is 2. The highest BCUT2D eigenvalue weighted by Gasteiger charge is 2.18. The van der Waals surface area contributed by atoms with Crippen LogP contribution in [0.15, 0.2) is 18.2 Å². The minimum Gasteiger partial charge on any atom is -0.394 e. The lowest BCUT2D eigenvalue weighted by atomic mass is 10.1. The van der Waals surface area contributed by atoms with Crippen LogP contribution in [0.4, 0.5) is 5.69 Å². The quantitative estimate of drug-likeness (QED) is 0.586. The molecule has 1 rings (SSSR count). The smallest absolute Gasteiger partial charge is 0.270 e. The predicted octanol–water partition coefficient (Wildman–Crippen LogP) is 0.202. The molecule has 1 aromatic carbocycles. The molecule has 0 aliphatic heterocycles. The van der Waals surface area contributed by atoms with Gasteiger partial charge in [0.15, 0.2) is 0 Å². The molecule has 0 saturated carbocycles. The van der Waals surface area contributed by atoms with Crippen LogP contribution in [0.25, 0.3) is 0 Å². The minimum absolute atomic E-state index is 0.0650. The Kier molecular flexibility index (Phi) is 4.96. The zero-order valence-corrected chi connectivity index (χ0v) is 10.4. The molecule has 0 fully saturated rings. The molecule has 103 valence electrons. The Balaban J connectivity index is 2.96. The highest BCUT2D eigenvalue weighted by molar-refractivity contribution is 5.95. The van der Waals surface area contributed by atoms with Crippen LogP contribution in [0.1, 0.15) is 15.9 Å². The van der Waals surface area contributed by atoms with Gasteiger partial charge in [0.1, 0.15) is 0 Å². The number of hydrogen-bond acceptors (Lipinski definition) is 5. The molecule has 0 spiro atoms. The number of amides is 1. The molecule has 0 aliphatic carbocycles. The first-order chi connectivity index (χ1) is 8.85. The lowest BCUT2D eigenvalue weighted by Gasteiger charge is -2.19. The molecular formula is C12H15N2O5. The molecule has 0 aromatic heterocycles. The van der Waals surface area contributed by atoms with Crippen LogP contribution in [0.3, 0.4) is 0 Å². The Bertz CT molecular complexity index is 489. The molecule has 19 heavy (non-hydrogen) atoms. The molecule has 7 heteroatoms. The molecule has 1 amide bonds. The first-order valence-electron chi connectivity index (χ1n) is 5.51. The standard InChI is InChI=1S/C12H15N2O5/c1-8-3-9(5-10(4-8)14(18)19)12(17)13(2)6-11(16)7-15/h3-5,11,15-16H,1,6-7H2,2H3. The molecule has 0 saturated heterocycles. The van der Waals surface area contributed by atoms with Crippen molar-refractivity contribution in [2.24, 2.45) is 0 Å². The van der Waals surface area contributed by atoms with Gasteiger partial charge in [-0.3, -0.25) is 14.9 Å². The minimum atomic E-state index is -1.05. The summed E-state index contributed by atoms with van der Waals surface area (Å²) in [4.78, 5) is 23.3. The second-order valence-corrected chi connectivity index (χ2v) is 4.17. The zero-order valence-electron chi connectivity index (χ0n) is 10.4. The number of carbonyl (C=O) groups excluding carboxylic acids is 1. The summed E-state index contributed by atoms with van der Waals surface area (Å²) in [5.74, 6) is -0.485. The van der Waals surface area contributed by atoms with Crippen molar-refractivity contribution in [1.82, 2.24) is 4.90 Å². The SMILES string of the molecule is [CH2]c1cc(C(=O)N(C)CC(O)CO)cc([N+](=O)[O-])c1. The molecule has 1 aromatic rings. The first-order valence-corrected chi connectivity index (χ1v) is 5.51. The summed E-state index contributed by atoms with van der Waals surface area (Å²) in [6.07, 6.45) is -1.05. The Morgan fingerprint density at radius 1 is 1.53 bits per heavy atom. The third kappa shape index (κ3) is 4.01. The van der Waals surface area contributed by atoms with Crippen molar-refractivity contribution >= 4 is 11.6 Å². The third-order valence-electron chi connectivity index (χ3n) is 2.48. The fourth-order valence-electron chi connectivity index (χ4n) is 1.58. The Morgan fingerprint density at radius 3 is 2.68 bits per heavy atom. The molecule has 2 N–H and O–H groups in total. The van der Waals surface area contributed by atoms with E-state index in [0.29, 0.717) is 5.56 Å². The number of rotatable bonds is 5. The summed E-state index contributed by atoms with van der Waals surface area (Å²) in [5.41, 5.74) is 0.257. The van der Waals surface area contributed by atoms with Gasteiger partial charge in [-0.05, 0) is 18.6 Å². The van der Waals surface area contributed by atoms with Crippen LogP contribution in [-0.4, -0.2) is 52.2 Å². The van der Waals surface area contributed by atoms with Gasteiger partial charge in [0.25, 0.3) is 11.6 Å². The van der Waals surface area contributed by atoms with Crippen molar-refractivity contribution in [1.29, 1.82) is 0 Å². The lowest BCUT2D eigenvalue weighted by molar-refractivity contribution is -0.384. The number of non-ortho nitro benzene ring substituents is 1. The Labute approximate surface area is 110 Å². The molecule has 1 radical (unpaired) electrons. The average molecular weight is 267 g/mol. The summed E-state index contributed by atoms with van der Waals surface area (Å²) in [6.45, 7) is 3.05. The van der Waals surface area contributed by atoms with E-state index in [4.69, 9.17) is 5.11 Å². The average Bonchev–Trinajstić information content (AvgIpc) is 2.36. The summed E-state index contributed by atoms with van der Waals surface area (Å²) in [7, 11) is 1.43. The van der Waals surface area contributed by atoms with Gasteiger partial charge in [-0.1, -0.05) is 0 Å². The van der Waals surface area contributed by atoms with E-state index < -0.39 is 23.5 Å². The van der Waals surface area contributed by atoms with Crippen molar-refractivity contribution in [3.05, 3.63) is 46.4 Å². The number of nitro benzene ring substituents is 1. The largest absolute Gasteiger partial charge is 0.394 e. The summed E-state index contributed by atoms with van der Waals surface area (Å²) >= 11 is 0. The second-order valence-electron chi connectivity index (χ2n) is 4.17. The number of carbonyl (C=O) groups is 1. The van der Waals surface area contributed by atoms with E-state index in [1.807, 2.05) is 0 Å². The fourth-order valence-corrected chi connectivity index (χ4v) is 1.58. The van der Waals surface area contributed by atoms with E-state index in [1.165, 1.54) is 24.1 Å². The number of aliphatic hydroxyl groups excluding tert-OH is 2. The second kappa shape index (κ2) is 6.26. The Morgan fingerprint density at radius 2 is 2.16 bits per heavy atom. The van der Waals surface area contributed by atoms with Gasteiger partial charge < -0.3 is 15.1 Å². The summed E-state index contributed by atoms with van der Waals surface area (Å²) in [5, 5.41) is 28.7. The fraction of sp³-hybridized carbons (Fsp3) is 0.333. The molecule has 1 atom stereocenters. The number of hydrogen-bond donors (Lipinski definition) is 2. The van der Waals surface area contributed by atoms with Gasteiger partial charge in [-0.15, -0.1) is 0 Å². The van der Waals surface area contributed by atoms with E-state index in [9.17, 15) is 20.0 Å². The van der Waals surface area contributed by atoms with Crippen molar-refractivity contribution < 1.29 is 19.9 Å². The van der Waals surface area contributed by atoms with Gasteiger partial charge in [0, 0.05) is 31.3 Å². The van der Waals surface area contributed by atoms with Gasteiger partial charge in [-0.25, -0.2) is 0 Å². The van der Waals surface area contributed by atoms with E-state index in [-0.39, 0.29) is 17.8 Å². The van der Waals surface area contributed by atoms with Crippen molar-refractivity contribution in [3.8, 4) is 0 Å². The summed E-state index contributed by atoms with van der Waals surface area (Å²) < 4.78 is 0. The maximum Gasteiger partial charge on any atom is 0.270 e. The van der Waals surface area contributed by atoms with Crippen molar-refractivity contribution in [2.75, 3.05) is 20.2 Å². The molecule has 0 heterocycles. The van der Waals surface area contributed by atoms with E-state index in [1.54, 1.807) is 0 Å². The topological polar surface area (TPSA) is 104 Å². The number of nitro groups is 1. The normalized spacial score (nSPS) is 12.0. The van der Waals surface area contributed by atoms with Crippen molar-refractivity contribution in [2.45, 2.75) is 6.10 Å². The number of likely N-dealkylation sites (N-methyl/N-ethyl adjacent to an activating group) is 1. The zero-order chi connectivity index (χ0) is 14.6. The summed E-state index contributed by atoms with van der Waals surface area (Å²) in [6, 6.07) is 3.84. The number of benzene rings is 1. The van der Waals surface area contributed by atoms with Crippen LogP contribution >= 0.6 is 0 Å². The van der Waals surface area contributed by atoms with E-state index in [0.717, 1.165) is 6.07 Å². The van der Waals surface area contributed by atoms with Crippen molar-refractivity contribution in [3.63, 3.8) is 0 Å². The van der Waals surface area contributed by atoms with E-state index >= 15 is 0 Å². The van der Waals surface area contributed by atoms with Crippen LogP contribution in [0.2, 0.25) is 0 Å². The van der Waals surface area contributed by atoms with Gasteiger partial charge in [-0.2, -0.15) is 0 Å². The monoisotopic (exact) mass is 267 g/mol. The highest BCUT2D eigenvalue weighted by atomic mass is 16.6. The van der Waals surface area contributed by atoms with Gasteiger partial charge in [0.05, 0.1) is 17.6 Å². The molecule has 1 unspecified atom stereocenters. The van der Waals surface area contributed by atoms with Gasteiger partial charge >= 0.3 is 0 Å². The predicted molar refractivity (Wildman–Crippen MR) is 67.6 cm³/mol. The lowest BCUT2D eigenvalue weighted by Crippen LogP contribution is -2.35. The van der Waals surface area contributed by atoms with E-state index in [2.05, 4.69) is 6.92 Å². The third-order valence-corrected chi connectivity index (χ3v) is 2.48. The van der Waals surface area contributed by atoms with Crippen LogP contribution in [-0.2, 0) is 0 Å². The highest BCUT2D eigenvalue weighted by Crippen LogP contribution is 2.17. The van der Waals surface area contributed by atoms with Crippen LogP contribution in [0, 0.1) is 17.0 Å². The van der Waals surface area contributed by atoms with Crippen LogP contribution < -0.4 is 0 Å². The molecule has 0 aliphatic rings. The first kappa shape index (κ1) is 15.1. The molecular weight excluding hydrogens is 252 g/mol. The maximum absolute atomic E-state index is 12.0. The molecule has 0 bridgehead atoms. The maximum atomic E-state index is 12.0. The van der Waals surface area contributed by atoms with Gasteiger partial charge in [0.2, 0.25) is 0 Å².